The number of nitrogens with one attached hydrogen (secondary N) is 1. The minimum atomic E-state index is -0.917. The second-order valence-electron chi connectivity index (χ2n) is 5.88. The fourth-order valence-corrected chi connectivity index (χ4v) is 2.59. The van der Waals surface area contributed by atoms with E-state index in [1.165, 1.54) is 0 Å². The highest BCUT2D eigenvalue weighted by Crippen LogP contribution is 2.10. The van der Waals surface area contributed by atoms with Crippen LogP contribution in [0, 0.1) is 0 Å². The zero-order valence-electron chi connectivity index (χ0n) is 14.7. The Balaban J connectivity index is 2.68. The molecule has 0 amide bonds. The molecule has 1 aromatic rings. The number of carboxylic acid groups (broad SMARTS) is 1. The zero-order valence-corrected chi connectivity index (χ0v) is 14.7. The van der Waals surface area contributed by atoms with Crippen molar-refractivity contribution in [1.82, 2.24) is 5.32 Å². The summed E-state index contributed by atoms with van der Waals surface area (Å²) in [5, 5.41) is 12.4. The third kappa shape index (κ3) is 7.59. The summed E-state index contributed by atoms with van der Waals surface area (Å²) in [6.07, 6.45) is 4.57. The number of aliphatic carboxylic acids is 1. The monoisotopic (exact) mass is 335 g/mol. The molecular weight excluding hydrogens is 306 g/mol. The molecule has 1 rings (SSSR count). The predicted octanol–water partition coefficient (Wildman–Crippen LogP) is 3.17. The number of carboxylic acids is 1. The first-order valence-electron chi connectivity index (χ1n) is 8.77. The Morgan fingerprint density at radius 3 is 2.38 bits per heavy atom. The molecule has 2 atom stereocenters. The van der Waals surface area contributed by atoms with Gasteiger partial charge in [-0.2, -0.15) is 0 Å². The average Bonchev–Trinajstić information content (AvgIpc) is 2.58. The van der Waals surface area contributed by atoms with Gasteiger partial charge >= 0.3 is 11.9 Å². The van der Waals surface area contributed by atoms with Crippen molar-refractivity contribution in [2.45, 2.75) is 64.5 Å². The first-order valence-corrected chi connectivity index (χ1v) is 8.77. The summed E-state index contributed by atoms with van der Waals surface area (Å²) in [4.78, 5) is 23.6. The third-order valence-corrected chi connectivity index (χ3v) is 3.93. The summed E-state index contributed by atoms with van der Waals surface area (Å²) in [6, 6.07) is 8.52. The molecule has 0 saturated carbocycles. The summed E-state index contributed by atoms with van der Waals surface area (Å²) in [5.41, 5.74) is 1.12. The summed E-state index contributed by atoms with van der Waals surface area (Å²) >= 11 is 0. The summed E-state index contributed by atoms with van der Waals surface area (Å²) in [6.45, 7) is 4.11. The quantitative estimate of drug-likeness (QED) is 0.453. The normalized spacial score (nSPS) is 13.2. The lowest BCUT2D eigenvalue weighted by Gasteiger charge is -2.22. The lowest BCUT2D eigenvalue weighted by molar-refractivity contribution is -0.147. The first-order chi connectivity index (χ1) is 11.6. The van der Waals surface area contributed by atoms with E-state index in [-0.39, 0.29) is 12.6 Å². The molecule has 0 aliphatic carbocycles. The van der Waals surface area contributed by atoms with Crippen LogP contribution in [0.1, 0.15) is 51.5 Å². The predicted molar refractivity (Wildman–Crippen MR) is 93.9 cm³/mol. The second-order valence-corrected chi connectivity index (χ2v) is 5.88. The minimum Gasteiger partial charge on any atom is -0.480 e. The molecule has 5 heteroatoms. The van der Waals surface area contributed by atoms with Gasteiger partial charge in [-0.3, -0.25) is 14.9 Å². The first kappa shape index (κ1) is 20.2. The SMILES string of the molecule is CCCCC[C@H](NC(CCc1ccccc1)C(=O)OCC)C(=O)O. The minimum absolute atomic E-state index is 0.288. The van der Waals surface area contributed by atoms with E-state index in [9.17, 15) is 14.7 Å². The summed E-state index contributed by atoms with van der Waals surface area (Å²) in [7, 11) is 0. The molecule has 0 spiro atoms. The number of aryl methyl sites for hydroxylation is 1. The molecule has 0 bridgehead atoms. The highest BCUT2D eigenvalue weighted by atomic mass is 16.5. The molecule has 0 aliphatic rings. The van der Waals surface area contributed by atoms with Gasteiger partial charge in [-0.05, 0) is 31.7 Å². The van der Waals surface area contributed by atoms with Crippen LogP contribution in [0.5, 0.6) is 0 Å². The highest BCUT2D eigenvalue weighted by Gasteiger charge is 2.26. The van der Waals surface area contributed by atoms with Gasteiger partial charge in [-0.15, -0.1) is 0 Å². The molecule has 0 saturated heterocycles. The lowest BCUT2D eigenvalue weighted by Crippen LogP contribution is -2.48. The van der Waals surface area contributed by atoms with Crippen LogP contribution in [0.3, 0.4) is 0 Å². The second kappa shape index (κ2) is 11.6. The van der Waals surface area contributed by atoms with E-state index in [0.29, 0.717) is 19.3 Å². The zero-order chi connectivity index (χ0) is 17.8. The topological polar surface area (TPSA) is 75.6 Å². The maximum absolute atomic E-state index is 12.2. The summed E-state index contributed by atoms with van der Waals surface area (Å²) in [5.74, 6) is -1.30. The van der Waals surface area contributed by atoms with Crippen molar-refractivity contribution < 1.29 is 19.4 Å². The molecule has 0 heterocycles. The Hall–Kier alpha value is -1.88. The number of esters is 1. The van der Waals surface area contributed by atoms with Gasteiger partial charge in [0, 0.05) is 0 Å². The van der Waals surface area contributed by atoms with E-state index < -0.39 is 18.1 Å². The molecular formula is C19H29NO4. The van der Waals surface area contributed by atoms with E-state index in [0.717, 1.165) is 24.8 Å². The Morgan fingerprint density at radius 1 is 1.08 bits per heavy atom. The molecule has 24 heavy (non-hydrogen) atoms. The Kier molecular flexibility index (Phi) is 9.77. The average molecular weight is 335 g/mol. The van der Waals surface area contributed by atoms with E-state index in [1.807, 2.05) is 30.3 Å². The number of hydrogen-bond donors (Lipinski definition) is 2. The van der Waals surface area contributed by atoms with Crippen LogP contribution in [0.4, 0.5) is 0 Å². The molecule has 0 fully saturated rings. The number of rotatable bonds is 12. The van der Waals surface area contributed by atoms with E-state index >= 15 is 0 Å². The van der Waals surface area contributed by atoms with Gasteiger partial charge < -0.3 is 9.84 Å². The van der Waals surface area contributed by atoms with Crippen molar-refractivity contribution >= 4 is 11.9 Å². The summed E-state index contributed by atoms with van der Waals surface area (Å²) < 4.78 is 5.10. The van der Waals surface area contributed by atoms with Gasteiger partial charge in [0.05, 0.1) is 6.61 Å². The lowest BCUT2D eigenvalue weighted by atomic mass is 10.0. The molecule has 0 aromatic heterocycles. The molecule has 1 aromatic carbocycles. The number of unbranched alkanes of at least 4 members (excludes halogenated alkanes) is 2. The number of benzene rings is 1. The van der Waals surface area contributed by atoms with Crippen molar-refractivity contribution in [1.29, 1.82) is 0 Å². The van der Waals surface area contributed by atoms with Crippen LogP contribution in [0.25, 0.3) is 0 Å². The number of carbonyl (C=O) groups excluding carboxylic acids is 1. The van der Waals surface area contributed by atoms with E-state index in [2.05, 4.69) is 12.2 Å². The van der Waals surface area contributed by atoms with Gasteiger partial charge in [-0.25, -0.2) is 0 Å². The standard InChI is InChI=1S/C19H29NO4/c1-3-5-7-12-16(18(21)22)20-17(19(23)24-4-2)14-13-15-10-8-6-9-11-15/h6,8-11,16-17,20H,3-5,7,12-14H2,1-2H3,(H,21,22)/t16-,17?/m0/s1. The van der Waals surface area contributed by atoms with Crippen LogP contribution in [-0.2, 0) is 20.7 Å². The maximum atomic E-state index is 12.2. The van der Waals surface area contributed by atoms with Gasteiger partial charge in [0.15, 0.2) is 0 Å². The molecule has 0 radical (unpaired) electrons. The Bertz CT molecular complexity index is 489. The Labute approximate surface area is 144 Å². The molecule has 5 nitrogen and oxygen atoms in total. The highest BCUT2D eigenvalue weighted by molar-refractivity contribution is 5.78. The molecule has 2 N–H and O–H groups in total. The van der Waals surface area contributed by atoms with Gasteiger partial charge in [0.25, 0.3) is 0 Å². The largest absolute Gasteiger partial charge is 0.480 e. The van der Waals surface area contributed by atoms with Crippen LogP contribution in [0.15, 0.2) is 30.3 Å². The maximum Gasteiger partial charge on any atom is 0.323 e. The van der Waals surface area contributed by atoms with Crippen molar-refractivity contribution in [3.8, 4) is 0 Å². The molecule has 0 aliphatic heterocycles. The fourth-order valence-electron chi connectivity index (χ4n) is 2.59. The Morgan fingerprint density at radius 2 is 1.79 bits per heavy atom. The van der Waals surface area contributed by atoms with Gasteiger partial charge in [-0.1, -0.05) is 56.5 Å². The number of carbonyl (C=O) groups is 2. The van der Waals surface area contributed by atoms with Crippen molar-refractivity contribution in [3.63, 3.8) is 0 Å². The van der Waals surface area contributed by atoms with E-state index in [4.69, 9.17) is 4.74 Å². The van der Waals surface area contributed by atoms with Gasteiger partial charge in [0.1, 0.15) is 12.1 Å². The number of hydrogen-bond acceptors (Lipinski definition) is 4. The van der Waals surface area contributed by atoms with Crippen molar-refractivity contribution in [3.05, 3.63) is 35.9 Å². The van der Waals surface area contributed by atoms with Crippen LogP contribution in [-0.4, -0.2) is 35.7 Å². The van der Waals surface area contributed by atoms with Crippen molar-refractivity contribution in [2.24, 2.45) is 0 Å². The van der Waals surface area contributed by atoms with Crippen LogP contribution < -0.4 is 5.32 Å². The van der Waals surface area contributed by atoms with Crippen LogP contribution >= 0.6 is 0 Å². The number of ether oxygens (including phenoxy) is 1. The van der Waals surface area contributed by atoms with E-state index in [1.54, 1.807) is 6.92 Å². The fraction of sp³-hybridized carbons (Fsp3) is 0.579. The molecule has 1 unspecified atom stereocenters. The van der Waals surface area contributed by atoms with Crippen LogP contribution in [0.2, 0.25) is 0 Å². The molecule has 134 valence electrons. The van der Waals surface area contributed by atoms with Gasteiger partial charge in [0.2, 0.25) is 0 Å². The third-order valence-electron chi connectivity index (χ3n) is 3.93. The smallest absolute Gasteiger partial charge is 0.323 e. The van der Waals surface area contributed by atoms with Crippen molar-refractivity contribution in [2.75, 3.05) is 6.61 Å².